The number of unbranched alkanes of at least 4 members (excludes halogenated alkanes) is 4. The van der Waals surface area contributed by atoms with Crippen LogP contribution in [0.15, 0.2) is 0 Å². The molecule has 126 valence electrons. The van der Waals surface area contributed by atoms with E-state index in [0.29, 0.717) is 0 Å². The van der Waals surface area contributed by atoms with Crippen molar-refractivity contribution in [2.75, 3.05) is 0 Å². The number of hydrogen-bond acceptors (Lipinski definition) is 1. The van der Waals surface area contributed by atoms with Crippen molar-refractivity contribution in [1.82, 2.24) is 0 Å². The molecule has 1 nitrogen and oxygen atoms in total. The topological polar surface area (TPSA) is 23.8 Å². The fourth-order valence-electron chi connectivity index (χ4n) is 5.23. The minimum Gasteiger partial charge on any atom is -0.198 e. The molecule has 0 aromatic rings. The van der Waals surface area contributed by atoms with E-state index in [2.05, 4.69) is 19.9 Å². The van der Waals surface area contributed by atoms with E-state index in [1.807, 2.05) is 0 Å². The second kappa shape index (κ2) is 8.95. The molecular formula is C21H37N. The third kappa shape index (κ3) is 4.74. The summed E-state index contributed by atoms with van der Waals surface area (Å²) in [6.07, 6.45) is 18.7. The summed E-state index contributed by atoms with van der Waals surface area (Å²) in [5.74, 6) is 2.82. The van der Waals surface area contributed by atoms with Gasteiger partial charge >= 0.3 is 0 Å². The van der Waals surface area contributed by atoms with Gasteiger partial charge < -0.3 is 0 Å². The molecule has 0 radical (unpaired) electrons. The zero-order valence-corrected chi connectivity index (χ0v) is 15.1. The van der Waals surface area contributed by atoms with Gasteiger partial charge in [0.1, 0.15) is 0 Å². The molecule has 0 bridgehead atoms. The summed E-state index contributed by atoms with van der Waals surface area (Å²) in [4.78, 5) is 0. The van der Waals surface area contributed by atoms with Crippen molar-refractivity contribution in [1.29, 1.82) is 5.26 Å². The Bertz CT molecular complexity index is 355. The Morgan fingerprint density at radius 2 is 1.77 bits per heavy atom. The van der Waals surface area contributed by atoms with Gasteiger partial charge in [-0.15, -0.1) is 0 Å². The first-order valence-electron chi connectivity index (χ1n) is 10.1. The molecule has 2 saturated carbocycles. The molecule has 2 aliphatic rings. The summed E-state index contributed by atoms with van der Waals surface area (Å²) in [6, 6.07) is 2.78. The molecule has 0 saturated heterocycles. The highest BCUT2D eigenvalue weighted by atomic mass is 14.5. The highest BCUT2D eigenvalue weighted by molar-refractivity contribution is 5.04. The van der Waals surface area contributed by atoms with Crippen molar-refractivity contribution in [3.63, 3.8) is 0 Å². The number of hydrogen-bond donors (Lipinski definition) is 0. The molecule has 1 unspecified atom stereocenters. The van der Waals surface area contributed by atoms with Crippen molar-refractivity contribution in [3.05, 3.63) is 0 Å². The maximum atomic E-state index is 9.82. The third-order valence-corrected chi connectivity index (χ3v) is 6.59. The van der Waals surface area contributed by atoms with E-state index >= 15 is 0 Å². The smallest absolute Gasteiger partial charge is 0.0689 e. The summed E-state index contributed by atoms with van der Waals surface area (Å²) >= 11 is 0. The van der Waals surface area contributed by atoms with Crippen molar-refractivity contribution in [3.8, 4) is 6.07 Å². The molecular weight excluding hydrogens is 266 g/mol. The zero-order chi connectivity index (χ0) is 15.8. The zero-order valence-electron chi connectivity index (χ0n) is 15.1. The van der Waals surface area contributed by atoms with E-state index in [4.69, 9.17) is 0 Å². The van der Waals surface area contributed by atoms with Gasteiger partial charge in [0.15, 0.2) is 0 Å². The Morgan fingerprint density at radius 1 is 0.955 bits per heavy atom. The summed E-state index contributed by atoms with van der Waals surface area (Å²) in [7, 11) is 0. The number of nitriles is 1. The molecule has 0 aliphatic heterocycles. The lowest BCUT2D eigenvalue weighted by molar-refractivity contribution is 0.0620. The Labute approximate surface area is 138 Å². The van der Waals surface area contributed by atoms with Crippen molar-refractivity contribution < 1.29 is 0 Å². The number of rotatable bonds is 8. The molecule has 4 atom stereocenters. The summed E-state index contributed by atoms with van der Waals surface area (Å²) in [5.41, 5.74) is 0.0466. The van der Waals surface area contributed by atoms with E-state index in [1.165, 1.54) is 89.9 Å². The maximum absolute atomic E-state index is 9.82. The van der Waals surface area contributed by atoms with Gasteiger partial charge in [0, 0.05) is 0 Å². The number of fused-ring (bicyclic) bond motifs is 1. The lowest BCUT2D eigenvalue weighted by Gasteiger charge is -2.45. The van der Waals surface area contributed by atoms with E-state index in [0.717, 1.165) is 17.8 Å². The minimum atomic E-state index is 0.0466. The van der Waals surface area contributed by atoms with E-state index in [1.54, 1.807) is 0 Å². The lowest BCUT2D eigenvalue weighted by atomic mass is 9.58. The van der Waals surface area contributed by atoms with Gasteiger partial charge in [-0.2, -0.15) is 5.26 Å². The van der Waals surface area contributed by atoms with Crippen LogP contribution >= 0.6 is 0 Å². The summed E-state index contributed by atoms with van der Waals surface area (Å²) < 4.78 is 0. The van der Waals surface area contributed by atoms with Crippen molar-refractivity contribution >= 4 is 0 Å². The van der Waals surface area contributed by atoms with Crippen LogP contribution in [0, 0.1) is 34.5 Å². The van der Waals surface area contributed by atoms with Gasteiger partial charge in [-0.3, -0.25) is 0 Å². The van der Waals surface area contributed by atoms with Crippen LogP contribution < -0.4 is 0 Å². The van der Waals surface area contributed by atoms with Gasteiger partial charge in [0.05, 0.1) is 11.5 Å². The third-order valence-electron chi connectivity index (χ3n) is 6.59. The Hall–Kier alpha value is -0.510. The second-order valence-corrected chi connectivity index (χ2v) is 8.29. The largest absolute Gasteiger partial charge is 0.198 e. The predicted molar refractivity (Wildman–Crippen MR) is 94.5 cm³/mol. The molecule has 2 aliphatic carbocycles. The molecule has 0 aromatic carbocycles. The second-order valence-electron chi connectivity index (χ2n) is 8.29. The van der Waals surface area contributed by atoms with Crippen molar-refractivity contribution in [2.45, 2.75) is 104 Å². The van der Waals surface area contributed by atoms with Gasteiger partial charge in [-0.05, 0) is 56.3 Å². The molecule has 0 spiro atoms. The Balaban J connectivity index is 1.80. The Morgan fingerprint density at radius 3 is 2.50 bits per heavy atom. The van der Waals surface area contributed by atoms with Gasteiger partial charge in [-0.1, -0.05) is 65.2 Å². The standard InChI is InChI=1S/C21H37N/c1-3-5-6-7-8-13-21(17-22)14-12-19-15-18(9-4-2)10-11-20(19)16-21/h18-20H,3-16H2,1-2H3/t18-,19+,20?,21-/m0/s1. The molecule has 0 heterocycles. The van der Waals surface area contributed by atoms with Crippen LogP contribution in [0.25, 0.3) is 0 Å². The predicted octanol–water partition coefficient (Wildman–Crippen LogP) is 6.87. The fraction of sp³-hybridized carbons (Fsp3) is 0.952. The summed E-state index contributed by atoms with van der Waals surface area (Å²) in [6.45, 7) is 4.60. The highest BCUT2D eigenvalue weighted by Crippen LogP contribution is 2.51. The van der Waals surface area contributed by atoms with Crippen molar-refractivity contribution in [2.24, 2.45) is 23.2 Å². The first kappa shape index (κ1) is 17.8. The molecule has 22 heavy (non-hydrogen) atoms. The molecule has 0 N–H and O–H groups in total. The first-order chi connectivity index (χ1) is 10.7. The van der Waals surface area contributed by atoms with Crippen LogP contribution in [0.2, 0.25) is 0 Å². The van der Waals surface area contributed by atoms with Gasteiger partial charge in [-0.25, -0.2) is 0 Å². The fourth-order valence-corrected chi connectivity index (χ4v) is 5.23. The van der Waals surface area contributed by atoms with Gasteiger partial charge in [0.2, 0.25) is 0 Å². The monoisotopic (exact) mass is 303 g/mol. The van der Waals surface area contributed by atoms with Crippen LogP contribution in [0.4, 0.5) is 0 Å². The average molecular weight is 304 g/mol. The molecule has 2 rings (SSSR count). The van der Waals surface area contributed by atoms with Crippen LogP contribution in [-0.2, 0) is 0 Å². The van der Waals surface area contributed by atoms with Crippen LogP contribution in [0.5, 0.6) is 0 Å². The number of nitrogens with zero attached hydrogens (tertiary/aromatic N) is 1. The van der Waals surface area contributed by atoms with E-state index in [-0.39, 0.29) is 5.41 Å². The van der Waals surface area contributed by atoms with E-state index < -0.39 is 0 Å². The average Bonchev–Trinajstić information content (AvgIpc) is 2.55. The minimum absolute atomic E-state index is 0.0466. The van der Waals surface area contributed by atoms with Crippen LogP contribution in [0.1, 0.15) is 104 Å². The molecule has 0 aromatic heterocycles. The molecule has 1 heteroatoms. The Kier molecular flexibility index (Phi) is 7.26. The summed E-state index contributed by atoms with van der Waals surface area (Å²) in [5, 5.41) is 9.82. The van der Waals surface area contributed by atoms with Crippen LogP contribution in [0.3, 0.4) is 0 Å². The quantitative estimate of drug-likeness (QED) is 0.449. The normalized spacial score (nSPS) is 34.9. The lowest BCUT2D eigenvalue weighted by Crippen LogP contribution is -2.36. The molecule has 0 amide bonds. The van der Waals surface area contributed by atoms with E-state index in [9.17, 15) is 5.26 Å². The first-order valence-corrected chi connectivity index (χ1v) is 10.1. The highest BCUT2D eigenvalue weighted by Gasteiger charge is 2.42. The maximum Gasteiger partial charge on any atom is 0.0689 e. The SMILES string of the molecule is CCCCCCC[C@]1(C#N)CC[C@@H]2C[C@@H](CCC)CCC2C1. The molecule has 2 fully saturated rings. The van der Waals surface area contributed by atoms with Gasteiger partial charge in [0.25, 0.3) is 0 Å². The van der Waals surface area contributed by atoms with Crippen LogP contribution in [-0.4, -0.2) is 0 Å².